The summed E-state index contributed by atoms with van der Waals surface area (Å²) in [7, 11) is 0. The predicted octanol–water partition coefficient (Wildman–Crippen LogP) is 3.55. The van der Waals surface area contributed by atoms with Gasteiger partial charge in [0.25, 0.3) is 11.7 Å². The molecule has 4 rings (SSSR count). The summed E-state index contributed by atoms with van der Waals surface area (Å²) in [6.45, 7) is 10.1. The van der Waals surface area contributed by atoms with E-state index in [-0.39, 0.29) is 22.8 Å². The Morgan fingerprint density at radius 1 is 1.08 bits per heavy atom. The molecule has 2 aromatic carbocycles. The van der Waals surface area contributed by atoms with Gasteiger partial charge in [-0.15, -0.1) is 0 Å². The number of aliphatic hydroxyl groups is 1. The van der Waals surface area contributed by atoms with Crippen LogP contribution in [0, 0.1) is 13.8 Å². The average molecular weight is 495 g/mol. The molecule has 192 valence electrons. The van der Waals surface area contributed by atoms with Gasteiger partial charge in [-0.05, 0) is 56.5 Å². The van der Waals surface area contributed by atoms with Crippen molar-refractivity contribution >= 4 is 17.4 Å². The largest absolute Gasteiger partial charge is 0.507 e. The molecule has 8 heteroatoms. The van der Waals surface area contributed by atoms with Crippen LogP contribution in [-0.2, 0) is 14.3 Å². The highest BCUT2D eigenvalue weighted by molar-refractivity contribution is 6.46. The number of aromatic hydroxyl groups is 1. The second kappa shape index (κ2) is 11.1. The highest BCUT2D eigenvalue weighted by Gasteiger charge is 2.46. The molecule has 1 atom stereocenters. The number of aliphatic hydroxyl groups excluding tert-OH is 1. The minimum Gasteiger partial charge on any atom is -0.507 e. The third kappa shape index (κ3) is 5.24. The number of likely N-dealkylation sites (tertiary alicyclic amines) is 1. The number of rotatable bonds is 8. The van der Waals surface area contributed by atoms with Gasteiger partial charge in [-0.1, -0.05) is 23.8 Å². The normalized spacial score (nSPS) is 20.2. The lowest BCUT2D eigenvalue weighted by atomic mass is 9.93. The van der Waals surface area contributed by atoms with Crippen LogP contribution < -0.4 is 4.74 Å². The fourth-order valence-corrected chi connectivity index (χ4v) is 4.85. The monoisotopic (exact) mass is 494 g/mol. The second-order valence-corrected chi connectivity index (χ2v) is 9.28. The molecule has 1 amide bonds. The molecular weight excluding hydrogens is 460 g/mol. The predicted molar refractivity (Wildman–Crippen MR) is 136 cm³/mol. The molecule has 0 radical (unpaired) electrons. The van der Waals surface area contributed by atoms with Gasteiger partial charge in [-0.25, -0.2) is 0 Å². The number of carbonyl (C=O) groups is 2. The van der Waals surface area contributed by atoms with Gasteiger partial charge in [0.2, 0.25) is 0 Å². The van der Waals surface area contributed by atoms with Gasteiger partial charge < -0.3 is 24.6 Å². The van der Waals surface area contributed by atoms with Gasteiger partial charge in [0, 0.05) is 31.7 Å². The van der Waals surface area contributed by atoms with Crippen molar-refractivity contribution in [3.8, 4) is 11.5 Å². The van der Waals surface area contributed by atoms with Crippen LogP contribution in [0.3, 0.4) is 0 Å². The minimum absolute atomic E-state index is 0.0283. The molecule has 1 unspecified atom stereocenters. The molecule has 0 saturated carbocycles. The maximum Gasteiger partial charge on any atom is 0.295 e. The average Bonchev–Trinajstić information content (AvgIpc) is 3.12. The van der Waals surface area contributed by atoms with Gasteiger partial charge in [0.15, 0.2) is 11.5 Å². The van der Waals surface area contributed by atoms with Crippen molar-refractivity contribution in [1.29, 1.82) is 0 Å². The molecule has 0 bridgehead atoms. The first kappa shape index (κ1) is 25.7. The Kier molecular flexibility index (Phi) is 7.96. The summed E-state index contributed by atoms with van der Waals surface area (Å²) in [5.74, 6) is -1.31. The van der Waals surface area contributed by atoms with Gasteiger partial charge in [0.1, 0.15) is 5.76 Å². The fourth-order valence-electron chi connectivity index (χ4n) is 4.85. The summed E-state index contributed by atoms with van der Waals surface area (Å²) < 4.78 is 11.0. The Morgan fingerprint density at radius 2 is 1.83 bits per heavy atom. The number of phenols is 1. The second-order valence-electron chi connectivity index (χ2n) is 9.28. The lowest BCUT2D eigenvalue weighted by molar-refractivity contribution is -0.140. The van der Waals surface area contributed by atoms with Gasteiger partial charge >= 0.3 is 0 Å². The molecule has 2 heterocycles. The van der Waals surface area contributed by atoms with Crippen molar-refractivity contribution in [3.05, 3.63) is 64.2 Å². The number of phenolic OH excluding ortho intramolecular Hbond substituents is 1. The lowest BCUT2D eigenvalue weighted by Gasteiger charge is -2.29. The zero-order valence-corrected chi connectivity index (χ0v) is 21.1. The summed E-state index contributed by atoms with van der Waals surface area (Å²) in [5.41, 5.74) is 2.90. The van der Waals surface area contributed by atoms with Crippen molar-refractivity contribution in [3.63, 3.8) is 0 Å². The van der Waals surface area contributed by atoms with Crippen molar-refractivity contribution in [2.24, 2.45) is 0 Å². The number of ether oxygens (including phenoxy) is 2. The maximum absolute atomic E-state index is 13.3. The number of carbonyl (C=O) groups excluding carboxylic acids is 2. The summed E-state index contributed by atoms with van der Waals surface area (Å²) >= 11 is 0. The van der Waals surface area contributed by atoms with E-state index in [0.717, 1.165) is 30.8 Å². The van der Waals surface area contributed by atoms with E-state index in [1.165, 1.54) is 11.0 Å². The van der Waals surface area contributed by atoms with E-state index in [1.54, 1.807) is 12.1 Å². The smallest absolute Gasteiger partial charge is 0.295 e. The standard InChI is InChI=1S/C28H34N2O6/c1-4-36-23-17-20(8-9-22(23)31)25-24(26(32)21-16-18(2)6-7-19(21)3)27(33)28(34)30(25)11-5-10-29-12-14-35-15-13-29/h6-9,16-17,25,31-32H,4-5,10-15H2,1-3H3/b26-24+. The first-order valence-electron chi connectivity index (χ1n) is 12.4. The van der Waals surface area contributed by atoms with Crippen LogP contribution in [0.2, 0.25) is 0 Å². The molecule has 36 heavy (non-hydrogen) atoms. The molecule has 2 fully saturated rings. The number of amides is 1. The summed E-state index contributed by atoms with van der Waals surface area (Å²) in [4.78, 5) is 30.4. The van der Waals surface area contributed by atoms with Crippen LogP contribution in [0.5, 0.6) is 11.5 Å². The molecule has 2 N–H and O–H groups in total. The molecule has 2 aromatic rings. The molecular formula is C28H34N2O6. The fraction of sp³-hybridized carbons (Fsp3) is 0.429. The number of nitrogens with zero attached hydrogens (tertiary/aromatic N) is 2. The highest BCUT2D eigenvalue weighted by Crippen LogP contribution is 2.42. The van der Waals surface area contributed by atoms with E-state index in [9.17, 15) is 19.8 Å². The van der Waals surface area contributed by atoms with Crippen molar-refractivity contribution in [2.75, 3.05) is 46.0 Å². The number of Topliss-reactive ketones (excluding diaryl/α,β-unsaturated/α-hetero) is 1. The first-order valence-corrected chi connectivity index (χ1v) is 12.4. The van der Waals surface area contributed by atoms with E-state index in [1.807, 2.05) is 39.0 Å². The summed E-state index contributed by atoms with van der Waals surface area (Å²) in [6.07, 6.45) is 0.670. The zero-order chi connectivity index (χ0) is 25.8. The third-order valence-electron chi connectivity index (χ3n) is 6.76. The SMILES string of the molecule is CCOc1cc(C2/C(=C(\O)c3cc(C)ccc3C)C(=O)C(=O)N2CCCN2CCOCC2)ccc1O. The Bertz CT molecular complexity index is 1170. The van der Waals surface area contributed by atoms with Crippen LogP contribution in [0.4, 0.5) is 0 Å². The van der Waals surface area contributed by atoms with Gasteiger partial charge in [-0.3, -0.25) is 14.5 Å². The van der Waals surface area contributed by atoms with Crippen LogP contribution in [-0.4, -0.2) is 77.7 Å². The maximum atomic E-state index is 13.3. The van der Waals surface area contributed by atoms with Gasteiger partial charge in [0.05, 0.1) is 31.4 Å². The van der Waals surface area contributed by atoms with Gasteiger partial charge in [-0.2, -0.15) is 0 Å². The molecule has 2 aliphatic heterocycles. The summed E-state index contributed by atoms with van der Waals surface area (Å²) in [6, 6.07) is 9.63. The lowest BCUT2D eigenvalue weighted by Crippen LogP contribution is -2.38. The van der Waals surface area contributed by atoms with Crippen LogP contribution in [0.15, 0.2) is 42.0 Å². The number of hydrogen-bond donors (Lipinski definition) is 2. The number of ketones is 1. The van der Waals surface area contributed by atoms with Crippen LogP contribution in [0.25, 0.3) is 5.76 Å². The Balaban J connectivity index is 1.75. The molecule has 0 aromatic heterocycles. The Morgan fingerprint density at radius 3 is 2.56 bits per heavy atom. The highest BCUT2D eigenvalue weighted by atomic mass is 16.5. The van der Waals surface area contributed by atoms with Crippen LogP contribution in [0.1, 0.15) is 41.6 Å². The number of morpholine rings is 1. The Hall–Kier alpha value is -3.36. The zero-order valence-electron chi connectivity index (χ0n) is 21.1. The topological polar surface area (TPSA) is 99.5 Å². The van der Waals surface area contributed by atoms with E-state index >= 15 is 0 Å². The van der Waals surface area contributed by atoms with Crippen molar-refractivity contribution < 1.29 is 29.3 Å². The van der Waals surface area contributed by atoms with Crippen molar-refractivity contribution in [1.82, 2.24) is 9.80 Å². The molecule has 0 spiro atoms. The number of aryl methyl sites for hydroxylation is 2. The van der Waals surface area contributed by atoms with E-state index < -0.39 is 17.7 Å². The quantitative estimate of drug-likeness (QED) is 0.329. The van der Waals surface area contributed by atoms with E-state index in [2.05, 4.69) is 4.90 Å². The first-order chi connectivity index (χ1) is 17.3. The van der Waals surface area contributed by atoms with Crippen LogP contribution >= 0.6 is 0 Å². The third-order valence-corrected chi connectivity index (χ3v) is 6.76. The van der Waals surface area contributed by atoms with E-state index in [4.69, 9.17) is 9.47 Å². The molecule has 2 aliphatic rings. The number of benzene rings is 2. The molecule has 8 nitrogen and oxygen atoms in total. The van der Waals surface area contributed by atoms with Crippen molar-refractivity contribution in [2.45, 2.75) is 33.2 Å². The Labute approximate surface area is 211 Å². The van der Waals surface area contributed by atoms with E-state index in [0.29, 0.717) is 43.9 Å². The summed E-state index contributed by atoms with van der Waals surface area (Å²) in [5, 5.41) is 21.6. The minimum atomic E-state index is -0.797. The molecule has 0 aliphatic carbocycles. The number of hydrogen-bond acceptors (Lipinski definition) is 7. The molecule has 2 saturated heterocycles.